The smallest absolute Gasteiger partial charge is 0.0361 e. The fourth-order valence-corrected chi connectivity index (χ4v) is 4.58. The Morgan fingerprint density at radius 3 is 2.17 bits per heavy atom. The quantitative estimate of drug-likeness (QED) is 0.446. The predicted molar refractivity (Wildman–Crippen MR) is 131 cm³/mol. The Labute approximate surface area is 179 Å². The second-order valence-corrected chi connectivity index (χ2v) is 8.46. The maximum Gasteiger partial charge on any atom is 0.0361 e. The molecule has 0 saturated carbocycles. The molecule has 1 heteroatoms. The maximum absolute atomic E-state index is 2.33. The van der Waals surface area contributed by atoms with Gasteiger partial charge in [-0.3, -0.25) is 0 Å². The Bertz CT molecular complexity index is 1210. The van der Waals surface area contributed by atoms with Gasteiger partial charge in [0.1, 0.15) is 0 Å². The van der Waals surface area contributed by atoms with Crippen molar-refractivity contribution in [3.63, 3.8) is 0 Å². The van der Waals surface area contributed by atoms with Gasteiger partial charge in [-0.1, -0.05) is 84.5 Å². The van der Waals surface area contributed by atoms with Gasteiger partial charge in [-0.05, 0) is 70.0 Å². The average molecular weight is 390 g/mol. The molecule has 2 aliphatic carbocycles. The predicted octanol–water partition coefficient (Wildman–Crippen LogP) is 7.21. The molecule has 5 rings (SSSR count). The van der Waals surface area contributed by atoms with Gasteiger partial charge in [-0.15, -0.1) is 0 Å². The lowest BCUT2D eigenvalue weighted by molar-refractivity contribution is 1.08. The highest BCUT2D eigenvalue weighted by Gasteiger charge is 2.16. The van der Waals surface area contributed by atoms with E-state index in [4.69, 9.17) is 0 Å². The molecule has 0 bridgehead atoms. The van der Waals surface area contributed by atoms with Crippen LogP contribution < -0.4 is 4.90 Å². The summed E-state index contributed by atoms with van der Waals surface area (Å²) in [6.45, 7) is 0. The van der Waals surface area contributed by atoms with Gasteiger partial charge < -0.3 is 4.90 Å². The molecule has 0 amide bonds. The first kappa shape index (κ1) is 18.7. The van der Waals surface area contributed by atoms with Crippen molar-refractivity contribution < 1.29 is 0 Å². The second kappa shape index (κ2) is 7.84. The Balaban J connectivity index is 1.41. The van der Waals surface area contributed by atoms with Crippen molar-refractivity contribution in [1.82, 2.24) is 0 Å². The molecule has 0 fully saturated rings. The molecule has 0 aromatic heterocycles. The van der Waals surface area contributed by atoms with Gasteiger partial charge in [0.15, 0.2) is 0 Å². The summed E-state index contributed by atoms with van der Waals surface area (Å²) >= 11 is 0. The Morgan fingerprint density at radius 1 is 0.767 bits per heavy atom. The van der Waals surface area contributed by atoms with Crippen LogP contribution in [-0.4, -0.2) is 14.1 Å². The molecule has 0 aliphatic heterocycles. The average Bonchev–Trinajstić information content (AvgIpc) is 3.46. The van der Waals surface area contributed by atoms with Gasteiger partial charge in [0.25, 0.3) is 0 Å². The highest BCUT2D eigenvalue weighted by atomic mass is 15.1. The van der Waals surface area contributed by atoms with Gasteiger partial charge in [-0.25, -0.2) is 0 Å². The van der Waals surface area contributed by atoms with Crippen LogP contribution in [0.15, 0.2) is 96.6 Å². The summed E-state index contributed by atoms with van der Waals surface area (Å²) in [5.41, 5.74) is 9.71. The van der Waals surface area contributed by atoms with Crippen molar-refractivity contribution in [2.75, 3.05) is 19.0 Å². The first-order valence-corrected chi connectivity index (χ1v) is 10.7. The van der Waals surface area contributed by atoms with Crippen LogP contribution in [0, 0.1) is 0 Å². The van der Waals surface area contributed by atoms with Gasteiger partial charge in [-0.2, -0.15) is 0 Å². The van der Waals surface area contributed by atoms with Crippen molar-refractivity contribution in [2.24, 2.45) is 0 Å². The number of nitrogens with zero attached hydrogens (tertiary/aromatic N) is 1. The largest absolute Gasteiger partial charge is 0.378 e. The first-order valence-electron chi connectivity index (χ1n) is 10.7. The monoisotopic (exact) mass is 389 g/mol. The molecule has 0 radical (unpaired) electrons. The summed E-state index contributed by atoms with van der Waals surface area (Å²) in [7, 11) is 4.17. The normalized spacial score (nSPS) is 15.3. The Kier molecular flexibility index (Phi) is 4.88. The molecule has 2 aliphatic rings. The number of fused-ring (bicyclic) bond motifs is 1. The van der Waals surface area contributed by atoms with E-state index in [1.165, 1.54) is 49.9 Å². The van der Waals surface area contributed by atoms with E-state index in [0.29, 0.717) is 0 Å². The minimum Gasteiger partial charge on any atom is -0.378 e. The number of rotatable bonds is 5. The molecule has 0 N–H and O–H groups in total. The minimum absolute atomic E-state index is 1.01. The van der Waals surface area contributed by atoms with Gasteiger partial charge in [0.05, 0.1) is 0 Å². The first-order chi connectivity index (χ1) is 14.7. The lowest BCUT2D eigenvalue weighted by Gasteiger charge is -2.15. The summed E-state index contributed by atoms with van der Waals surface area (Å²) in [4.78, 5) is 2.14. The minimum atomic E-state index is 1.01. The van der Waals surface area contributed by atoms with Crippen LogP contribution in [0.3, 0.4) is 0 Å². The zero-order chi connectivity index (χ0) is 20.5. The zero-order valence-electron chi connectivity index (χ0n) is 17.7. The fourth-order valence-electron chi connectivity index (χ4n) is 4.58. The molecule has 30 heavy (non-hydrogen) atoms. The van der Waals surface area contributed by atoms with Gasteiger partial charge in [0.2, 0.25) is 0 Å². The van der Waals surface area contributed by atoms with E-state index in [2.05, 4.69) is 110 Å². The molecule has 1 nitrogen and oxygen atoms in total. The van der Waals surface area contributed by atoms with E-state index in [1.807, 2.05) is 0 Å². The molecule has 148 valence electrons. The number of hydrogen-bond acceptors (Lipinski definition) is 1. The van der Waals surface area contributed by atoms with Crippen molar-refractivity contribution in [3.05, 3.63) is 113 Å². The molecule has 0 spiro atoms. The van der Waals surface area contributed by atoms with Crippen LogP contribution in [0.1, 0.15) is 29.5 Å². The van der Waals surface area contributed by atoms with Crippen molar-refractivity contribution in [1.29, 1.82) is 0 Å². The van der Waals surface area contributed by atoms with Gasteiger partial charge >= 0.3 is 0 Å². The topological polar surface area (TPSA) is 3.24 Å². The molecular formula is C29H27N. The maximum atomic E-state index is 2.33. The van der Waals surface area contributed by atoms with Crippen molar-refractivity contribution >= 4 is 27.6 Å². The number of benzene rings is 3. The van der Waals surface area contributed by atoms with Crippen LogP contribution in [0.2, 0.25) is 0 Å². The second-order valence-electron chi connectivity index (χ2n) is 8.46. The van der Waals surface area contributed by atoms with E-state index in [1.54, 1.807) is 0 Å². The van der Waals surface area contributed by atoms with Crippen LogP contribution in [-0.2, 0) is 6.42 Å². The molecule has 3 aromatic carbocycles. The number of allylic oxidation sites excluding steroid dienone is 8. The van der Waals surface area contributed by atoms with Crippen LogP contribution in [0.5, 0.6) is 0 Å². The zero-order valence-corrected chi connectivity index (χ0v) is 17.7. The molecule has 0 unspecified atom stereocenters. The highest BCUT2D eigenvalue weighted by molar-refractivity contribution is 6.02. The fraction of sp³-hybridized carbons (Fsp3) is 0.172. The van der Waals surface area contributed by atoms with Crippen LogP contribution in [0.4, 0.5) is 5.69 Å². The van der Waals surface area contributed by atoms with E-state index in [9.17, 15) is 0 Å². The van der Waals surface area contributed by atoms with E-state index < -0.39 is 0 Å². The summed E-state index contributed by atoms with van der Waals surface area (Å²) in [6, 6.07) is 22.4. The summed E-state index contributed by atoms with van der Waals surface area (Å²) < 4.78 is 0. The summed E-state index contributed by atoms with van der Waals surface area (Å²) in [6.07, 6.45) is 14.4. The third kappa shape index (κ3) is 3.52. The molecular weight excluding hydrogens is 362 g/mol. The van der Waals surface area contributed by atoms with E-state index in [-0.39, 0.29) is 0 Å². The molecule has 0 heterocycles. The third-order valence-corrected chi connectivity index (χ3v) is 6.19. The lowest BCUT2D eigenvalue weighted by Crippen LogP contribution is -2.08. The summed E-state index contributed by atoms with van der Waals surface area (Å²) in [5.74, 6) is 0. The SMILES string of the molecule is CN(C)c1ccc(CC2=CC=C(c3cccc4cccc(C5=CC=CC5)c34)C2)cc1. The third-order valence-electron chi connectivity index (χ3n) is 6.19. The summed E-state index contributed by atoms with van der Waals surface area (Å²) in [5, 5.41) is 2.72. The van der Waals surface area contributed by atoms with E-state index >= 15 is 0 Å². The number of hydrogen-bond donors (Lipinski definition) is 0. The standard InChI is InChI=1S/C29H27N/c1-30(2)26-17-14-21(15-18-26)19-22-13-16-25(20-22)28-12-6-10-24-9-5-11-27(29(24)28)23-7-3-4-8-23/h3-7,9-18H,8,19-20H2,1-2H3. The highest BCUT2D eigenvalue weighted by Crippen LogP contribution is 2.38. The van der Waals surface area contributed by atoms with Crippen LogP contribution >= 0.6 is 0 Å². The van der Waals surface area contributed by atoms with Crippen LogP contribution in [0.25, 0.3) is 21.9 Å². The Morgan fingerprint density at radius 2 is 1.50 bits per heavy atom. The van der Waals surface area contributed by atoms with Crippen molar-refractivity contribution in [3.8, 4) is 0 Å². The molecule has 3 aromatic rings. The number of anilines is 1. The van der Waals surface area contributed by atoms with E-state index in [0.717, 1.165) is 19.3 Å². The molecule has 0 atom stereocenters. The lowest BCUT2D eigenvalue weighted by atomic mass is 9.89. The van der Waals surface area contributed by atoms with Crippen molar-refractivity contribution in [2.45, 2.75) is 19.3 Å². The Hall–Kier alpha value is -3.32. The molecule has 0 saturated heterocycles. The van der Waals surface area contributed by atoms with Gasteiger partial charge in [0, 0.05) is 19.8 Å².